The molecule has 1 rings (SSSR count). The summed E-state index contributed by atoms with van der Waals surface area (Å²) < 4.78 is 0. The highest BCUT2D eigenvalue weighted by molar-refractivity contribution is 6.31. The van der Waals surface area contributed by atoms with Gasteiger partial charge in [0.1, 0.15) is 0 Å². The van der Waals surface area contributed by atoms with Crippen LogP contribution in [0.3, 0.4) is 0 Å². The maximum absolute atomic E-state index is 11.7. The third-order valence-corrected chi connectivity index (χ3v) is 2.92. The van der Waals surface area contributed by atoms with E-state index in [1.54, 1.807) is 38.2 Å². The highest BCUT2D eigenvalue weighted by Crippen LogP contribution is 2.22. The number of aliphatic carboxylic acids is 1. The minimum absolute atomic E-state index is 0.308. The Kier molecular flexibility index (Phi) is 5.12. The maximum atomic E-state index is 11.7. The van der Waals surface area contributed by atoms with Gasteiger partial charge in [-0.15, -0.1) is 0 Å². The van der Waals surface area contributed by atoms with Gasteiger partial charge in [-0.1, -0.05) is 29.8 Å². The number of nitrogens with one attached hydrogen (secondary N) is 2. The molecule has 0 spiro atoms. The minimum atomic E-state index is -1.15. The normalized spacial score (nSPS) is 13.7. The number of amides is 1. The van der Waals surface area contributed by atoms with E-state index in [9.17, 15) is 9.59 Å². The predicted molar refractivity (Wildman–Crippen MR) is 68.5 cm³/mol. The fourth-order valence-electron chi connectivity index (χ4n) is 1.38. The van der Waals surface area contributed by atoms with Crippen molar-refractivity contribution in [3.05, 3.63) is 34.9 Å². The molecule has 98 valence electrons. The minimum Gasteiger partial charge on any atom is -0.479 e. The van der Waals surface area contributed by atoms with E-state index in [4.69, 9.17) is 16.7 Å². The van der Waals surface area contributed by atoms with Gasteiger partial charge in [-0.05, 0) is 20.0 Å². The first-order valence-electron chi connectivity index (χ1n) is 5.42. The van der Waals surface area contributed by atoms with E-state index in [1.165, 1.54) is 0 Å². The van der Waals surface area contributed by atoms with Crippen molar-refractivity contribution in [3.8, 4) is 0 Å². The molecule has 0 aliphatic rings. The van der Waals surface area contributed by atoms with E-state index in [2.05, 4.69) is 10.6 Å². The van der Waals surface area contributed by atoms with Crippen molar-refractivity contribution in [2.24, 2.45) is 0 Å². The van der Waals surface area contributed by atoms with Gasteiger partial charge in [-0.2, -0.15) is 0 Å². The summed E-state index contributed by atoms with van der Waals surface area (Å²) in [6.07, 6.45) is 0. The molecule has 0 aliphatic heterocycles. The number of hydrogen-bond acceptors (Lipinski definition) is 3. The van der Waals surface area contributed by atoms with Crippen LogP contribution in [0.2, 0.25) is 5.02 Å². The summed E-state index contributed by atoms with van der Waals surface area (Å²) >= 11 is 5.93. The van der Waals surface area contributed by atoms with E-state index >= 15 is 0 Å². The molecule has 6 heteroatoms. The average Bonchev–Trinajstić information content (AvgIpc) is 2.35. The number of carboxylic acid groups (broad SMARTS) is 1. The number of carbonyl (C=O) groups excluding carboxylic acids is 1. The number of carbonyl (C=O) groups is 2. The third-order valence-electron chi connectivity index (χ3n) is 2.58. The molecule has 3 N–H and O–H groups in total. The summed E-state index contributed by atoms with van der Waals surface area (Å²) in [5, 5.41) is 14.6. The molecular formula is C12H15ClN2O3. The van der Waals surface area contributed by atoms with Crippen LogP contribution in [0, 0.1) is 0 Å². The topological polar surface area (TPSA) is 78.4 Å². The Morgan fingerprint density at radius 3 is 2.44 bits per heavy atom. The summed E-state index contributed by atoms with van der Waals surface area (Å²) in [6.45, 7) is 1.64. The summed E-state index contributed by atoms with van der Waals surface area (Å²) in [5.74, 6) is -1.55. The van der Waals surface area contributed by atoms with Gasteiger partial charge in [-0.25, -0.2) is 4.79 Å². The lowest BCUT2D eigenvalue weighted by Gasteiger charge is -2.18. The van der Waals surface area contributed by atoms with Crippen LogP contribution in [0.25, 0.3) is 0 Å². The number of halogens is 1. The molecule has 18 heavy (non-hydrogen) atoms. The van der Waals surface area contributed by atoms with E-state index in [-0.39, 0.29) is 0 Å². The second-order valence-electron chi connectivity index (χ2n) is 3.81. The summed E-state index contributed by atoms with van der Waals surface area (Å²) in [4.78, 5) is 22.9. The van der Waals surface area contributed by atoms with Crippen LogP contribution in [-0.4, -0.2) is 30.1 Å². The molecule has 0 heterocycles. The largest absolute Gasteiger partial charge is 0.479 e. The molecule has 1 amide bonds. The molecule has 2 atom stereocenters. The van der Waals surface area contributed by atoms with Crippen molar-refractivity contribution >= 4 is 23.5 Å². The fraction of sp³-hybridized carbons (Fsp3) is 0.333. The molecule has 0 aromatic heterocycles. The smallest absolute Gasteiger partial charge is 0.330 e. The SMILES string of the molecule is CNC(C)C(=O)N[C@@H](C(=O)O)c1ccccc1Cl. The van der Waals surface area contributed by atoms with Crippen LogP contribution in [-0.2, 0) is 9.59 Å². The summed E-state index contributed by atoms with van der Waals surface area (Å²) in [5.41, 5.74) is 0.364. The number of carboxylic acids is 1. The second-order valence-corrected chi connectivity index (χ2v) is 4.22. The first-order valence-corrected chi connectivity index (χ1v) is 5.80. The third kappa shape index (κ3) is 3.45. The van der Waals surface area contributed by atoms with Crippen LogP contribution in [0.5, 0.6) is 0 Å². The molecule has 0 saturated carbocycles. The highest BCUT2D eigenvalue weighted by atomic mass is 35.5. The van der Waals surface area contributed by atoms with Gasteiger partial charge in [0.15, 0.2) is 6.04 Å². The van der Waals surface area contributed by atoms with Gasteiger partial charge >= 0.3 is 5.97 Å². The fourth-order valence-corrected chi connectivity index (χ4v) is 1.62. The van der Waals surface area contributed by atoms with Crippen molar-refractivity contribution in [1.82, 2.24) is 10.6 Å². The van der Waals surface area contributed by atoms with Crippen molar-refractivity contribution in [2.45, 2.75) is 19.0 Å². The van der Waals surface area contributed by atoms with E-state index in [1.807, 2.05) is 0 Å². The molecule has 1 aromatic carbocycles. The predicted octanol–water partition coefficient (Wildman–Crippen LogP) is 1.19. The monoisotopic (exact) mass is 270 g/mol. The summed E-state index contributed by atoms with van der Waals surface area (Å²) in [6, 6.07) is 4.90. The molecule has 1 aromatic rings. The number of hydrogen-bond donors (Lipinski definition) is 3. The highest BCUT2D eigenvalue weighted by Gasteiger charge is 2.25. The molecule has 0 saturated heterocycles. The van der Waals surface area contributed by atoms with Gasteiger partial charge in [-0.3, -0.25) is 4.79 Å². The first-order chi connectivity index (χ1) is 8.47. The van der Waals surface area contributed by atoms with Gasteiger partial charge < -0.3 is 15.7 Å². The van der Waals surface area contributed by atoms with Crippen LogP contribution >= 0.6 is 11.6 Å². The van der Waals surface area contributed by atoms with Gasteiger partial charge in [0, 0.05) is 10.6 Å². The van der Waals surface area contributed by atoms with Crippen LogP contribution in [0.15, 0.2) is 24.3 Å². The Morgan fingerprint density at radius 2 is 1.94 bits per heavy atom. The first kappa shape index (κ1) is 14.5. The zero-order valence-corrected chi connectivity index (χ0v) is 10.9. The Labute approximate surface area is 110 Å². The van der Waals surface area contributed by atoms with Crippen molar-refractivity contribution in [2.75, 3.05) is 7.05 Å². The summed E-state index contributed by atoms with van der Waals surface area (Å²) in [7, 11) is 1.62. The lowest BCUT2D eigenvalue weighted by atomic mass is 10.1. The lowest BCUT2D eigenvalue weighted by Crippen LogP contribution is -2.44. The quantitative estimate of drug-likeness (QED) is 0.751. The van der Waals surface area contributed by atoms with Crippen LogP contribution in [0.1, 0.15) is 18.5 Å². The maximum Gasteiger partial charge on any atom is 0.330 e. The zero-order valence-electron chi connectivity index (χ0n) is 10.1. The number of rotatable bonds is 5. The number of benzene rings is 1. The molecule has 0 fully saturated rings. The Hall–Kier alpha value is -1.59. The molecule has 0 aliphatic carbocycles. The second kappa shape index (κ2) is 6.37. The number of likely N-dealkylation sites (N-methyl/N-ethyl adjacent to an activating group) is 1. The molecule has 5 nitrogen and oxygen atoms in total. The molecule has 0 radical (unpaired) electrons. The van der Waals surface area contributed by atoms with Crippen molar-refractivity contribution < 1.29 is 14.7 Å². The molecule has 1 unspecified atom stereocenters. The van der Waals surface area contributed by atoms with E-state index in [0.717, 1.165) is 0 Å². The molecular weight excluding hydrogens is 256 g/mol. The van der Waals surface area contributed by atoms with Crippen molar-refractivity contribution in [1.29, 1.82) is 0 Å². The Morgan fingerprint density at radius 1 is 1.33 bits per heavy atom. The average molecular weight is 271 g/mol. The van der Waals surface area contributed by atoms with Crippen molar-refractivity contribution in [3.63, 3.8) is 0 Å². The lowest BCUT2D eigenvalue weighted by molar-refractivity contribution is -0.142. The van der Waals surface area contributed by atoms with Gasteiger partial charge in [0.25, 0.3) is 0 Å². The molecule has 0 bridgehead atoms. The standard InChI is InChI=1S/C12H15ClN2O3/c1-7(14-2)11(16)15-10(12(17)18)8-5-3-4-6-9(8)13/h3-7,10,14H,1-2H3,(H,15,16)(H,17,18)/t7?,10-/m1/s1. The van der Waals surface area contributed by atoms with Crippen LogP contribution < -0.4 is 10.6 Å². The van der Waals surface area contributed by atoms with E-state index < -0.39 is 24.0 Å². The zero-order chi connectivity index (χ0) is 13.7. The van der Waals surface area contributed by atoms with E-state index in [0.29, 0.717) is 10.6 Å². The Bertz CT molecular complexity index is 451. The van der Waals surface area contributed by atoms with Gasteiger partial charge in [0.2, 0.25) is 5.91 Å². The van der Waals surface area contributed by atoms with Gasteiger partial charge in [0.05, 0.1) is 6.04 Å². The Balaban J connectivity index is 2.95. The van der Waals surface area contributed by atoms with Crippen LogP contribution in [0.4, 0.5) is 0 Å².